The summed E-state index contributed by atoms with van der Waals surface area (Å²) in [4.78, 5) is 0. The molecule has 0 bridgehead atoms. The van der Waals surface area contributed by atoms with Crippen molar-refractivity contribution in [2.75, 3.05) is 20.0 Å². The van der Waals surface area contributed by atoms with Crippen molar-refractivity contribution in [1.29, 1.82) is 0 Å². The predicted molar refractivity (Wildman–Crippen MR) is 73.6 cm³/mol. The highest BCUT2D eigenvalue weighted by molar-refractivity contribution is 5.70. The minimum absolute atomic E-state index is 0.164. The number of benzene rings is 1. The van der Waals surface area contributed by atoms with Crippen molar-refractivity contribution in [2.45, 2.75) is 19.5 Å². The van der Waals surface area contributed by atoms with E-state index >= 15 is 0 Å². The molecule has 0 unspecified atom stereocenters. The third-order valence-corrected chi connectivity index (χ3v) is 2.97. The maximum Gasteiger partial charge on any atom is 0.222 e. The lowest BCUT2D eigenvalue weighted by Crippen LogP contribution is -2.11. The van der Waals surface area contributed by atoms with Crippen LogP contribution in [0.2, 0.25) is 0 Å². The van der Waals surface area contributed by atoms with E-state index in [-0.39, 0.29) is 5.88 Å². The zero-order chi connectivity index (χ0) is 14.9. The van der Waals surface area contributed by atoms with Gasteiger partial charge in [-0.15, -0.1) is 0 Å². The van der Waals surface area contributed by atoms with E-state index in [2.05, 4.69) is 5.16 Å². The largest absolute Gasteiger partial charge is 0.493 e. The molecule has 0 amide bonds. The van der Waals surface area contributed by atoms with Gasteiger partial charge in [0.25, 0.3) is 0 Å². The second-order valence-corrected chi connectivity index (χ2v) is 4.84. The third kappa shape index (κ3) is 2.54. The van der Waals surface area contributed by atoms with Crippen molar-refractivity contribution in [2.24, 2.45) is 0 Å². The van der Waals surface area contributed by atoms with E-state index in [9.17, 15) is 4.39 Å². The Labute approximate surface area is 116 Å². The van der Waals surface area contributed by atoms with Crippen LogP contribution in [0, 0.1) is 0 Å². The minimum atomic E-state index is -1.58. The number of rotatable bonds is 4. The fourth-order valence-corrected chi connectivity index (χ4v) is 2.00. The van der Waals surface area contributed by atoms with E-state index in [0.29, 0.717) is 28.3 Å². The Balaban J connectivity index is 2.70. The molecule has 0 aliphatic carbocycles. The first-order valence-electron chi connectivity index (χ1n) is 6.04. The molecule has 1 aromatic carbocycles. The van der Waals surface area contributed by atoms with E-state index in [1.54, 1.807) is 12.1 Å². The van der Waals surface area contributed by atoms with Gasteiger partial charge in [0.15, 0.2) is 11.5 Å². The number of anilines is 1. The zero-order valence-corrected chi connectivity index (χ0v) is 11.9. The first-order chi connectivity index (χ1) is 9.36. The van der Waals surface area contributed by atoms with Crippen molar-refractivity contribution >= 4 is 5.88 Å². The summed E-state index contributed by atoms with van der Waals surface area (Å²) in [5.41, 5.74) is 5.36. The summed E-state index contributed by atoms with van der Waals surface area (Å²) in [6.45, 7) is 2.92. The number of hydrogen-bond acceptors (Lipinski definition) is 5. The number of ether oxygens (including phenoxy) is 2. The molecule has 0 fully saturated rings. The number of nitrogens with zero attached hydrogens (tertiary/aromatic N) is 1. The van der Waals surface area contributed by atoms with Crippen LogP contribution in [-0.2, 0) is 5.67 Å². The Kier molecular flexibility index (Phi) is 3.57. The molecule has 5 nitrogen and oxygen atoms in total. The Morgan fingerprint density at radius 3 is 2.20 bits per heavy atom. The van der Waals surface area contributed by atoms with Crippen LogP contribution in [0.4, 0.5) is 10.3 Å². The minimum Gasteiger partial charge on any atom is -0.493 e. The van der Waals surface area contributed by atoms with Crippen LogP contribution in [0.15, 0.2) is 22.7 Å². The number of nitrogen functional groups attached to an aromatic ring is 1. The van der Waals surface area contributed by atoms with Crippen LogP contribution in [0.3, 0.4) is 0 Å². The average Bonchev–Trinajstić information content (AvgIpc) is 2.82. The molecule has 0 atom stereocenters. The van der Waals surface area contributed by atoms with Gasteiger partial charge in [0, 0.05) is 17.2 Å². The van der Waals surface area contributed by atoms with Crippen LogP contribution in [0.25, 0.3) is 11.3 Å². The molecule has 108 valence electrons. The monoisotopic (exact) mass is 280 g/mol. The van der Waals surface area contributed by atoms with Gasteiger partial charge in [0.1, 0.15) is 11.4 Å². The molecule has 20 heavy (non-hydrogen) atoms. The standard InChI is InChI=1S/C14H17FN2O3/c1-14(2,15)9-6-12(19-4)11(18-3)5-8(9)10-7-13(16)20-17-10/h5-7H,16H2,1-4H3. The van der Waals surface area contributed by atoms with Crippen LogP contribution < -0.4 is 15.2 Å². The lowest BCUT2D eigenvalue weighted by molar-refractivity contribution is 0.221. The van der Waals surface area contributed by atoms with Gasteiger partial charge >= 0.3 is 0 Å². The van der Waals surface area contributed by atoms with E-state index in [1.807, 2.05) is 0 Å². The summed E-state index contributed by atoms with van der Waals surface area (Å²) >= 11 is 0. The molecule has 0 aliphatic heterocycles. The van der Waals surface area contributed by atoms with Gasteiger partial charge in [-0.25, -0.2) is 4.39 Å². The Morgan fingerprint density at radius 2 is 1.75 bits per heavy atom. The molecule has 0 spiro atoms. The van der Waals surface area contributed by atoms with E-state index in [0.717, 1.165) is 0 Å². The zero-order valence-electron chi connectivity index (χ0n) is 11.9. The van der Waals surface area contributed by atoms with E-state index in [4.69, 9.17) is 19.7 Å². The molecular weight excluding hydrogens is 263 g/mol. The summed E-state index contributed by atoms with van der Waals surface area (Å²) < 4.78 is 29.7. The molecule has 2 rings (SSSR count). The highest BCUT2D eigenvalue weighted by Crippen LogP contribution is 2.41. The van der Waals surface area contributed by atoms with Crippen molar-refractivity contribution in [3.63, 3.8) is 0 Å². The molecule has 6 heteroatoms. The van der Waals surface area contributed by atoms with Crippen molar-refractivity contribution < 1.29 is 18.4 Å². The van der Waals surface area contributed by atoms with Gasteiger partial charge in [0.2, 0.25) is 5.88 Å². The molecule has 2 N–H and O–H groups in total. The normalized spacial score (nSPS) is 11.4. The second kappa shape index (κ2) is 5.03. The van der Waals surface area contributed by atoms with Crippen molar-refractivity contribution in [3.8, 4) is 22.8 Å². The summed E-state index contributed by atoms with van der Waals surface area (Å²) in [5.74, 6) is 1.10. The number of hydrogen-bond donors (Lipinski definition) is 1. The van der Waals surface area contributed by atoms with Gasteiger partial charge in [-0.1, -0.05) is 5.16 Å². The Hall–Kier alpha value is -2.24. The quantitative estimate of drug-likeness (QED) is 0.931. The summed E-state index contributed by atoms with van der Waals surface area (Å²) in [6, 6.07) is 4.79. The highest BCUT2D eigenvalue weighted by atomic mass is 19.1. The topological polar surface area (TPSA) is 70.5 Å². The maximum absolute atomic E-state index is 14.4. The van der Waals surface area contributed by atoms with E-state index in [1.165, 1.54) is 34.1 Å². The van der Waals surface area contributed by atoms with Gasteiger partial charge < -0.3 is 19.7 Å². The number of halogens is 1. The molecule has 1 heterocycles. The van der Waals surface area contributed by atoms with Gasteiger partial charge in [-0.05, 0) is 26.0 Å². The smallest absolute Gasteiger partial charge is 0.222 e. The fraction of sp³-hybridized carbons (Fsp3) is 0.357. The van der Waals surface area contributed by atoms with E-state index < -0.39 is 5.67 Å². The maximum atomic E-state index is 14.4. The van der Waals surface area contributed by atoms with Crippen molar-refractivity contribution in [1.82, 2.24) is 5.16 Å². The first-order valence-corrected chi connectivity index (χ1v) is 6.04. The van der Waals surface area contributed by atoms with Gasteiger partial charge in [-0.3, -0.25) is 0 Å². The average molecular weight is 280 g/mol. The summed E-state index contributed by atoms with van der Waals surface area (Å²) in [7, 11) is 3.01. The Bertz CT molecular complexity index is 617. The molecular formula is C14H17FN2O3. The van der Waals surface area contributed by atoms with Gasteiger partial charge in [0.05, 0.1) is 14.2 Å². The highest BCUT2D eigenvalue weighted by Gasteiger charge is 2.27. The van der Waals surface area contributed by atoms with Crippen LogP contribution in [0.1, 0.15) is 19.4 Å². The Morgan fingerprint density at radius 1 is 1.15 bits per heavy atom. The number of nitrogens with two attached hydrogens (primary N) is 1. The second-order valence-electron chi connectivity index (χ2n) is 4.84. The number of aromatic nitrogens is 1. The molecule has 0 saturated carbocycles. The third-order valence-electron chi connectivity index (χ3n) is 2.97. The fourth-order valence-electron chi connectivity index (χ4n) is 2.00. The predicted octanol–water partition coefficient (Wildman–Crippen LogP) is 3.15. The van der Waals surface area contributed by atoms with Crippen LogP contribution in [-0.4, -0.2) is 19.4 Å². The van der Waals surface area contributed by atoms with Crippen LogP contribution >= 0.6 is 0 Å². The molecule has 2 aromatic rings. The van der Waals surface area contributed by atoms with Gasteiger partial charge in [-0.2, -0.15) is 0 Å². The molecule has 0 radical (unpaired) electrons. The summed E-state index contributed by atoms with van der Waals surface area (Å²) in [5, 5.41) is 3.83. The SMILES string of the molecule is COc1cc(-c2cc(N)on2)c(C(C)(C)F)cc1OC. The van der Waals surface area contributed by atoms with Crippen LogP contribution in [0.5, 0.6) is 11.5 Å². The first kappa shape index (κ1) is 14.2. The summed E-state index contributed by atoms with van der Waals surface area (Å²) in [6.07, 6.45) is 0. The molecule has 0 saturated heterocycles. The lowest BCUT2D eigenvalue weighted by atomic mass is 9.92. The van der Waals surface area contributed by atoms with Crippen molar-refractivity contribution in [3.05, 3.63) is 23.8 Å². The molecule has 0 aliphatic rings. The lowest BCUT2D eigenvalue weighted by Gasteiger charge is -2.20. The molecule has 1 aromatic heterocycles. The number of methoxy groups -OCH3 is 2. The number of alkyl halides is 1.